The summed E-state index contributed by atoms with van der Waals surface area (Å²) in [6.07, 6.45) is -0.248. The largest absolute Gasteiger partial charge is 0.481 e. The van der Waals surface area contributed by atoms with Gasteiger partial charge in [0, 0.05) is 5.56 Å². The van der Waals surface area contributed by atoms with Gasteiger partial charge in [0.15, 0.2) is 5.82 Å². The Morgan fingerprint density at radius 1 is 0.938 bits per heavy atom. The molecule has 0 saturated carbocycles. The molecule has 0 saturated heterocycles. The van der Waals surface area contributed by atoms with E-state index in [0.717, 1.165) is 22.4 Å². The average molecular weight is 426 g/mol. The third-order valence-electron chi connectivity index (χ3n) is 5.09. The van der Waals surface area contributed by atoms with Gasteiger partial charge in [-0.1, -0.05) is 72.8 Å². The number of hydrogen-bond acceptors (Lipinski definition) is 4. The van der Waals surface area contributed by atoms with E-state index >= 15 is 0 Å². The van der Waals surface area contributed by atoms with Gasteiger partial charge in [0.1, 0.15) is 0 Å². The molecule has 0 aliphatic heterocycles. The number of carbonyl (C=O) groups is 2. The lowest BCUT2D eigenvalue weighted by Crippen LogP contribution is -2.31. The van der Waals surface area contributed by atoms with E-state index in [1.165, 1.54) is 0 Å². The van der Waals surface area contributed by atoms with Crippen molar-refractivity contribution in [1.29, 1.82) is 0 Å². The first-order valence-corrected chi connectivity index (χ1v) is 10.2. The van der Waals surface area contributed by atoms with Gasteiger partial charge in [0.25, 0.3) is 5.91 Å². The van der Waals surface area contributed by atoms with Crippen molar-refractivity contribution in [2.24, 2.45) is 0 Å². The van der Waals surface area contributed by atoms with Gasteiger partial charge in [-0.15, -0.1) is 5.10 Å². The Morgan fingerprint density at radius 3 is 2.22 bits per heavy atom. The number of carboxylic acid groups (broad SMARTS) is 1. The summed E-state index contributed by atoms with van der Waals surface area (Å²) in [7, 11) is 0. The molecule has 0 aliphatic carbocycles. The van der Waals surface area contributed by atoms with Crippen LogP contribution in [0.5, 0.6) is 0 Å². The van der Waals surface area contributed by atoms with Crippen LogP contribution in [-0.4, -0.2) is 31.7 Å². The second-order valence-corrected chi connectivity index (χ2v) is 7.35. The fourth-order valence-electron chi connectivity index (χ4n) is 3.55. The van der Waals surface area contributed by atoms with Crippen LogP contribution in [-0.2, 0) is 4.79 Å². The lowest BCUT2D eigenvalue weighted by Gasteiger charge is -2.18. The normalized spacial score (nSPS) is 11.7. The molecule has 0 unspecified atom stereocenters. The molecular weight excluding hydrogens is 404 g/mol. The predicted molar refractivity (Wildman–Crippen MR) is 120 cm³/mol. The quantitative estimate of drug-likeness (QED) is 0.462. The van der Waals surface area contributed by atoms with Crippen LogP contribution in [0.4, 0.5) is 0 Å². The van der Waals surface area contributed by atoms with Gasteiger partial charge in [0.2, 0.25) is 5.82 Å². The third kappa shape index (κ3) is 4.57. The summed E-state index contributed by atoms with van der Waals surface area (Å²) in [6, 6.07) is 25.6. The molecule has 0 spiro atoms. The van der Waals surface area contributed by atoms with Crippen LogP contribution < -0.4 is 5.32 Å². The van der Waals surface area contributed by atoms with E-state index in [-0.39, 0.29) is 12.2 Å². The van der Waals surface area contributed by atoms with Crippen molar-refractivity contribution in [2.45, 2.75) is 19.4 Å². The standard InChI is InChI=1S/C25H22N4O3/c1-17-10-8-9-15-20(17)21(16-22(30)31)26-25(32)23-27-24(18-11-4-2-5-12-18)29(28-23)19-13-6-3-7-14-19/h2-15,21H,16H2,1H3,(H,26,32)(H,30,31)/t21-/m0/s1. The van der Waals surface area contributed by atoms with Crippen molar-refractivity contribution in [3.63, 3.8) is 0 Å². The van der Waals surface area contributed by atoms with Crippen LogP contribution in [0.25, 0.3) is 17.1 Å². The first-order chi connectivity index (χ1) is 15.5. The smallest absolute Gasteiger partial charge is 0.305 e. The first-order valence-electron chi connectivity index (χ1n) is 10.2. The number of benzene rings is 3. The zero-order chi connectivity index (χ0) is 22.5. The van der Waals surface area contributed by atoms with Crippen molar-refractivity contribution >= 4 is 11.9 Å². The topological polar surface area (TPSA) is 97.1 Å². The number of aliphatic carboxylic acids is 1. The highest BCUT2D eigenvalue weighted by atomic mass is 16.4. The summed E-state index contributed by atoms with van der Waals surface area (Å²) in [5, 5.41) is 16.6. The fourth-order valence-corrected chi connectivity index (χ4v) is 3.55. The van der Waals surface area contributed by atoms with Crippen molar-refractivity contribution in [3.05, 3.63) is 102 Å². The van der Waals surface area contributed by atoms with Gasteiger partial charge < -0.3 is 10.4 Å². The monoisotopic (exact) mass is 426 g/mol. The van der Waals surface area contributed by atoms with Crippen LogP contribution in [0.15, 0.2) is 84.9 Å². The Labute approximate surface area is 185 Å². The Kier molecular flexibility index (Phi) is 6.07. The third-order valence-corrected chi connectivity index (χ3v) is 5.09. The number of hydrogen-bond donors (Lipinski definition) is 2. The van der Waals surface area contributed by atoms with Crippen molar-refractivity contribution in [3.8, 4) is 17.1 Å². The summed E-state index contributed by atoms with van der Waals surface area (Å²) >= 11 is 0. The summed E-state index contributed by atoms with van der Waals surface area (Å²) < 4.78 is 1.62. The number of nitrogens with zero attached hydrogens (tertiary/aromatic N) is 3. The van der Waals surface area contributed by atoms with E-state index in [0.29, 0.717) is 5.82 Å². The molecule has 0 fully saturated rings. The Bertz CT molecular complexity index is 1180. The zero-order valence-corrected chi connectivity index (χ0v) is 17.5. The molecule has 1 heterocycles. The van der Waals surface area contributed by atoms with Gasteiger partial charge >= 0.3 is 5.97 Å². The summed E-state index contributed by atoms with van der Waals surface area (Å²) in [4.78, 5) is 29.1. The zero-order valence-electron chi connectivity index (χ0n) is 17.5. The second kappa shape index (κ2) is 9.26. The molecule has 1 amide bonds. The molecule has 3 aromatic carbocycles. The lowest BCUT2D eigenvalue weighted by atomic mass is 9.99. The minimum atomic E-state index is -1.01. The van der Waals surface area contributed by atoms with Gasteiger partial charge in [-0.3, -0.25) is 9.59 Å². The van der Waals surface area contributed by atoms with Crippen molar-refractivity contribution < 1.29 is 14.7 Å². The number of aromatic nitrogens is 3. The van der Waals surface area contributed by atoms with Gasteiger partial charge in [-0.25, -0.2) is 9.67 Å². The fraction of sp³-hybridized carbons (Fsp3) is 0.120. The molecule has 32 heavy (non-hydrogen) atoms. The SMILES string of the molecule is Cc1ccccc1[C@H](CC(=O)O)NC(=O)c1nc(-c2ccccc2)n(-c2ccccc2)n1. The van der Waals surface area contributed by atoms with Crippen LogP contribution in [0.2, 0.25) is 0 Å². The van der Waals surface area contributed by atoms with Crippen LogP contribution in [0, 0.1) is 6.92 Å². The average Bonchev–Trinajstić information content (AvgIpc) is 3.26. The molecule has 4 aromatic rings. The van der Waals surface area contributed by atoms with Crippen molar-refractivity contribution in [1.82, 2.24) is 20.1 Å². The van der Waals surface area contributed by atoms with Gasteiger partial charge in [-0.05, 0) is 30.2 Å². The molecule has 0 aliphatic rings. The number of aryl methyl sites for hydroxylation is 1. The molecule has 0 bridgehead atoms. The minimum Gasteiger partial charge on any atom is -0.481 e. The number of rotatable bonds is 7. The van der Waals surface area contributed by atoms with Gasteiger partial charge in [-0.2, -0.15) is 0 Å². The number of amides is 1. The van der Waals surface area contributed by atoms with Crippen LogP contribution in [0.3, 0.4) is 0 Å². The molecule has 0 radical (unpaired) electrons. The molecule has 2 N–H and O–H groups in total. The first kappa shape index (κ1) is 21.0. The van der Waals surface area contributed by atoms with Crippen molar-refractivity contribution in [2.75, 3.05) is 0 Å². The van der Waals surface area contributed by atoms with E-state index in [1.807, 2.05) is 91.9 Å². The van der Waals surface area contributed by atoms with E-state index in [9.17, 15) is 14.7 Å². The number of carboxylic acids is 1. The van der Waals surface area contributed by atoms with E-state index in [4.69, 9.17) is 0 Å². The molecule has 1 atom stereocenters. The molecule has 7 nitrogen and oxygen atoms in total. The highest BCUT2D eigenvalue weighted by Gasteiger charge is 2.24. The number of carbonyl (C=O) groups excluding carboxylic acids is 1. The second-order valence-electron chi connectivity index (χ2n) is 7.35. The molecule has 7 heteroatoms. The van der Waals surface area contributed by atoms with E-state index in [1.54, 1.807) is 4.68 Å². The van der Waals surface area contributed by atoms with E-state index in [2.05, 4.69) is 15.4 Å². The Morgan fingerprint density at radius 2 is 1.56 bits per heavy atom. The van der Waals surface area contributed by atoms with Crippen LogP contribution in [0.1, 0.15) is 34.2 Å². The molecule has 160 valence electrons. The molecular formula is C25H22N4O3. The molecule has 1 aromatic heterocycles. The minimum absolute atomic E-state index is 0.0309. The summed E-state index contributed by atoms with van der Waals surface area (Å²) in [5.74, 6) is -1.05. The highest BCUT2D eigenvalue weighted by molar-refractivity contribution is 5.91. The van der Waals surface area contributed by atoms with Gasteiger partial charge in [0.05, 0.1) is 18.2 Å². The Hall–Kier alpha value is -4.26. The van der Waals surface area contributed by atoms with Crippen LogP contribution >= 0.6 is 0 Å². The maximum Gasteiger partial charge on any atom is 0.305 e. The maximum atomic E-state index is 13.1. The summed E-state index contributed by atoms with van der Waals surface area (Å²) in [6.45, 7) is 1.88. The number of para-hydroxylation sites is 1. The number of nitrogens with one attached hydrogen (secondary N) is 1. The Balaban J connectivity index is 1.71. The molecule has 4 rings (SSSR count). The summed E-state index contributed by atoms with van der Waals surface area (Å²) in [5.41, 5.74) is 3.21. The predicted octanol–water partition coefficient (Wildman–Crippen LogP) is 4.19. The van der Waals surface area contributed by atoms with E-state index < -0.39 is 17.9 Å². The highest BCUT2D eigenvalue weighted by Crippen LogP contribution is 2.23. The maximum absolute atomic E-state index is 13.1. The lowest BCUT2D eigenvalue weighted by molar-refractivity contribution is -0.137.